The number of hydrogen-bond acceptors (Lipinski definition) is 5. The summed E-state index contributed by atoms with van der Waals surface area (Å²) < 4.78 is 5.18. The number of para-hydroxylation sites is 1. The van der Waals surface area contributed by atoms with Crippen LogP contribution in [0.5, 0.6) is 5.75 Å². The van der Waals surface area contributed by atoms with Crippen molar-refractivity contribution < 1.29 is 9.53 Å². The number of aromatic nitrogens is 2. The lowest BCUT2D eigenvalue weighted by molar-refractivity contribution is 0.0984. The van der Waals surface area contributed by atoms with Gasteiger partial charge in [0.2, 0.25) is 5.95 Å². The van der Waals surface area contributed by atoms with E-state index < -0.39 is 0 Å². The summed E-state index contributed by atoms with van der Waals surface area (Å²) in [5, 5.41) is 3.21. The fraction of sp³-hybridized carbons (Fsp3) is 0.227. The maximum atomic E-state index is 13.1. The Hall–Kier alpha value is -3.41. The second-order valence-electron chi connectivity index (χ2n) is 6.76. The van der Waals surface area contributed by atoms with Crippen LogP contribution in [-0.4, -0.2) is 29.5 Å². The van der Waals surface area contributed by atoms with Crippen molar-refractivity contribution >= 4 is 17.5 Å². The first kappa shape index (κ1) is 18.0. The van der Waals surface area contributed by atoms with E-state index in [1.165, 1.54) is 5.56 Å². The van der Waals surface area contributed by atoms with E-state index in [4.69, 9.17) is 4.74 Å². The fourth-order valence-electron chi connectivity index (χ4n) is 3.37. The average molecular weight is 374 g/mol. The van der Waals surface area contributed by atoms with E-state index in [0.29, 0.717) is 24.7 Å². The molecule has 1 aromatic heterocycles. The zero-order chi connectivity index (χ0) is 19.5. The van der Waals surface area contributed by atoms with Gasteiger partial charge in [-0.3, -0.25) is 4.79 Å². The van der Waals surface area contributed by atoms with E-state index in [9.17, 15) is 4.79 Å². The van der Waals surface area contributed by atoms with E-state index in [0.717, 1.165) is 29.1 Å². The zero-order valence-corrected chi connectivity index (χ0v) is 16.0. The Kier molecular flexibility index (Phi) is 4.93. The summed E-state index contributed by atoms with van der Waals surface area (Å²) in [6.45, 7) is 3.11. The summed E-state index contributed by atoms with van der Waals surface area (Å²) in [6.07, 6.45) is 0.870. The van der Waals surface area contributed by atoms with Gasteiger partial charge in [0.05, 0.1) is 7.11 Å². The Morgan fingerprint density at radius 1 is 1.14 bits per heavy atom. The number of nitrogens with zero attached hydrogens (tertiary/aromatic N) is 3. The lowest BCUT2D eigenvalue weighted by Gasteiger charge is -2.17. The summed E-state index contributed by atoms with van der Waals surface area (Å²) in [5.41, 5.74) is 4.40. The highest BCUT2D eigenvalue weighted by molar-refractivity contribution is 6.06. The Morgan fingerprint density at radius 3 is 2.71 bits per heavy atom. The van der Waals surface area contributed by atoms with Gasteiger partial charge in [-0.1, -0.05) is 30.3 Å². The van der Waals surface area contributed by atoms with Crippen LogP contribution in [0.1, 0.15) is 27.3 Å². The van der Waals surface area contributed by atoms with Crippen LogP contribution in [-0.2, 0) is 13.0 Å². The number of carbonyl (C=O) groups excluding carboxylic acids is 1. The topological polar surface area (TPSA) is 67.3 Å². The van der Waals surface area contributed by atoms with E-state index in [-0.39, 0.29) is 5.91 Å². The van der Waals surface area contributed by atoms with Gasteiger partial charge in [0.1, 0.15) is 11.4 Å². The third kappa shape index (κ3) is 3.67. The minimum atomic E-state index is -0.0945. The summed E-state index contributed by atoms with van der Waals surface area (Å²) in [4.78, 5) is 23.7. The lowest BCUT2D eigenvalue weighted by atomic mass is 10.2. The molecule has 1 aliphatic rings. The molecule has 1 amide bonds. The van der Waals surface area contributed by atoms with Crippen LogP contribution in [0.4, 0.5) is 11.6 Å². The van der Waals surface area contributed by atoms with Gasteiger partial charge < -0.3 is 15.0 Å². The quantitative estimate of drug-likeness (QED) is 0.739. The molecule has 0 radical (unpaired) electrons. The van der Waals surface area contributed by atoms with Crippen molar-refractivity contribution in [3.05, 3.63) is 77.1 Å². The number of hydrogen-bond donors (Lipinski definition) is 1. The van der Waals surface area contributed by atoms with Crippen molar-refractivity contribution in [1.29, 1.82) is 0 Å². The molecule has 6 heteroatoms. The Labute approximate surface area is 164 Å². The molecular weight excluding hydrogens is 352 g/mol. The van der Waals surface area contributed by atoms with E-state index in [1.807, 2.05) is 49.4 Å². The molecule has 28 heavy (non-hydrogen) atoms. The van der Waals surface area contributed by atoms with Crippen molar-refractivity contribution in [3.63, 3.8) is 0 Å². The maximum absolute atomic E-state index is 13.1. The third-order valence-electron chi connectivity index (χ3n) is 4.82. The highest BCUT2D eigenvalue weighted by Gasteiger charge is 2.26. The SMILES string of the molecule is COc1ccc(CNc2nc(C)cc(C(=O)N3CCc4ccccc43)n2)cc1. The van der Waals surface area contributed by atoms with Gasteiger partial charge in [-0.25, -0.2) is 9.97 Å². The number of amides is 1. The maximum Gasteiger partial charge on any atom is 0.277 e. The molecule has 1 aliphatic heterocycles. The van der Waals surface area contributed by atoms with Crippen LogP contribution < -0.4 is 15.0 Å². The minimum Gasteiger partial charge on any atom is -0.497 e. The smallest absolute Gasteiger partial charge is 0.277 e. The van der Waals surface area contributed by atoms with Gasteiger partial charge in [-0.15, -0.1) is 0 Å². The predicted molar refractivity (Wildman–Crippen MR) is 109 cm³/mol. The van der Waals surface area contributed by atoms with Crippen molar-refractivity contribution in [2.24, 2.45) is 0 Å². The van der Waals surface area contributed by atoms with Gasteiger partial charge >= 0.3 is 0 Å². The number of carbonyl (C=O) groups is 1. The molecule has 0 bridgehead atoms. The van der Waals surface area contributed by atoms with E-state index >= 15 is 0 Å². The second-order valence-corrected chi connectivity index (χ2v) is 6.76. The summed E-state index contributed by atoms with van der Waals surface area (Å²) in [5.74, 6) is 1.17. The summed E-state index contributed by atoms with van der Waals surface area (Å²) in [7, 11) is 1.64. The molecule has 2 aromatic carbocycles. The predicted octanol–water partition coefficient (Wildman–Crippen LogP) is 3.61. The number of rotatable bonds is 5. The summed E-state index contributed by atoms with van der Waals surface area (Å²) in [6, 6.07) is 17.5. The molecule has 0 fully saturated rings. The molecule has 0 saturated heterocycles. The Balaban J connectivity index is 1.51. The normalized spacial score (nSPS) is 12.6. The molecule has 0 atom stereocenters. The first-order valence-electron chi connectivity index (χ1n) is 9.26. The van der Waals surface area contributed by atoms with Crippen LogP contribution in [0, 0.1) is 6.92 Å². The number of anilines is 2. The van der Waals surface area contributed by atoms with Gasteiger partial charge in [0.15, 0.2) is 0 Å². The Morgan fingerprint density at radius 2 is 1.93 bits per heavy atom. The van der Waals surface area contributed by atoms with Gasteiger partial charge in [-0.05, 0) is 48.7 Å². The highest BCUT2D eigenvalue weighted by atomic mass is 16.5. The van der Waals surface area contributed by atoms with Gasteiger partial charge in [-0.2, -0.15) is 0 Å². The monoisotopic (exact) mass is 374 g/mol. The molecule has 4 rings (SSSR count). The molecular formula is C22H22N4O2. The molecule has 0 spiro atoms. The number of methoxy groups -OCH3 is 1. The molecule has 0 aliphatic carbocycles. The molecule has 2 heterocycles. The van der Waals surface area contributed by atoms with Crippen LogP contribution in [0.15, 0.2) is 54.6 Å². The highest BCUT2D eigenvalue weighted by Crippen LogP contribution is 2.28. The van der Waals surface area contributed by atoms with Crippen molar-refractivity contribution in [2.75, 3.05) is 23.9 Å². The largest absolute Gasteiger partial charge is 0.497 e. The summed E-state index contributed by atoms with van der Waals surface area (Å²) >= 11 is 0. The van der Waals surface area contributed by atoms with Gasteiger partial charge in [0, 0.05) is 24.5 Å². The molecule has 0 saturated carbocycles. The van der Waals surface area contributed by atoms with Crippen molar-refractivity contribution in [1.82, 2.24) is 9.97 Å². The molecule has 1 N–H and O–H groups in total. The number of fused-ring (bicyclic) bond motifs is 1. The number of aryl methyl sites for hydroxylation is 1. The van der Waals surface area contributed by atoms with Gasteiger partial charge in [0.25, 0.3) is 5.91 Å². The van der Waals surface area contributed by atoms with Crippen molar-refractivity contribution in [3.8, 4) is 5.75 Å². The molecule has 142 valence electrons. The molecule has 3 aromatic rings. The minimum absolute atomic E-state index is 0.0945. The fourth-order valence-corrected chi connectivity index (χ4v) is 3.37. The standard InChI is InChI=1S/C22H22N4O2/c1-15-13-19(21(27)26-12-11-17-5-3-4-6-20(17)26)25-22(24-15)23-14-16-7-9-18(28-2)10-8-16/h3-10,13H,11-12,14H2,1-2H3,(H,23,24,25). The van der Waals surface area contributed by atoms with Crippen LogP contribution in [0.2, 0.25) is 0 Å². The van der Waals surface area contributed by atoms with Crippen LogP contribution in [0.3, 0.4) is 0 Å². The van der Waals surface area contributed by atoms with E-state index in [1.54, 1.807) is 18.1 Å². The van der Waals surface area contributed by atoms with Crippen LogP contribution >= 0.6 is 0 Å². The molecule has 6 nitrogen and oxygen atoms in total. The lowest BCUT2D eigenvalue weighted by Crippen LogP contribution is -2.30. The Bertz CT molecular complexity index is 1000. The van der Waals surface area contributed by atoms with E-state index in [2.05, 4.69) is 21.4 Å². The third-order valence-corrected chi connectivity index (χ3v) is 4.82. The number of benzene rings is 2. The van der Waals surface area contributed by atoms with Crippen LogP contribution in [0.25, 0.3) is 0 Å². The molecule has 0 unspecified atom stereocenters. The first-order chi connectivity index (χ1) is 13.6. The number of ether oxygens (including phenoxy) is 1. The average Bonchev–Trinajstić information content (AvgIpc) is 3.16. The van der Waals surface area contributed by atoms with Crippen molar-refractivity contribution in [2.45, 2.75) is 19.9 Å². The zero-order valence-electron chi connectivity index (χ0n) is 16.0. The number of nitrogens with one attached hydrogen (secondary N) is 1. The second kappa shape index (κ2) is 7.68. The first-order valence-corrected chi connectivity index (χ1v) is 9.26.